The number of carbonyl (C=O) groups is 2. The van der Waals surface area contributed by atoms with Gasteiger partial charge in [-0.2, -0.15) is 5.10 Å². The van der Waals surface area contributed by atoms with Crippen LogP contribution in [0.2, 0.25) is 5.02 Å². The number of rotatable bonds is 3. The van der Waals surface area contributed by atoms with Gasteiger partial charge in [0.05, 0.1) is 35.9 Å². The van der Waals surface area contributed by atoms with Crippen molar-refractivity contribution < 1.29 is 23.3 Å². The maximum Gasteiger partial charge on any atom is 0.286 e. The van der Waals surface area contributed by atoms with Gasteiger partial charge in [-0.25, -0.2) is 4.21 Å². The predicted octanol–water partition coefficient (Wildman–Crippen LogP) is 5.89. The third-order valence-electron chi connectivity index (χ3n) is 10.5. The van der Waals surface area contributed by atoms with Crippen molar-refractivity contribution in [2.75, 3.05) is 37.5 Å². The molecule has 0 radical (unpaired) electrons. The summed E-state index contributed by atoms with van der Waals surface area (Å²) in [5.41, 5.74) is 3.65. The molecule has 1 N–H and O–H groups in total. The summed E-state index contributed by atoms with van der Waals surface area (Å²) in [4.78, 5) is 29.3. The number of ether oxygens (including phenoxy) is 2. The molecule has 2 bridgehead atoms. The van der Waals surface area contributed by atoms with Gasteiger partial charge in [-0.3, -0.25) is 19.0 Å². The summed E-state index contributed by atoms with van der Waals surface area (Å²) >= 11 is 6.44. The van der Waals surface area contributed by atoms with E-state index in [9.17, 15) is 13.8 Å². The minimum Gasteiger partial charge on any atom is -0.490 e. The fourth-order valence-electron chi connectivity index (χ4n) is 7.86. The van der Waals surface area contributed by atoms with Crippen LogP contribution < -0.4 is 14.4 Å². The van der Waals surface area contributed by atoms with Crippen molar-refractivity contribution in [1.29, 1.82) is 0 Å². The predicted molar refractivity (Wildman–Crippen MR) is 186 cm³/mol. The van der Waals surface area contributed by atoms with E-state index >= 15 is 0 Å². The molecule has 1 fully saturated rings. The van der Waals surface area contributed by atoms with E-state index in [0.717, 1.165) is 55.9 Å². The van der Waals surface area contributed by atoms with E-state index in [1.807, 2.05) is 18.2 Å². The third-order valence-corrected chi connectivity index (χ3v) is 12.5. The first-order valence-corrected chi connectivity index (χ1v) is 18.8. The van der Waals surface area contributed by atoms with Crippen LogP contribution in [0.5, 0.6) is 5.75 Å². The van der Waals surface area contributed by atoms with Gasteiger partial charge >= 0.3 is 0 Å². The van der Waals surface area contributed by atoms with E-state index in [-0.39, 0.29) is 22.8 Å². The Morgan fingerprint density at radius 2 is 2.06 bits per heavy atom. The highest BCUT2D eigenvalue weighted by Gasteiger charge is 2.44. The van der Waals surface area contributed by atoms with Gasteiger partial charge in [-0.05, 0) is 98.2 Å². The van der Waals surface area contributed by atoms with Crippen molar-refractivity contribution in [3.05, 3.63) is 88.2 Å². The lowest BCUT2D eigenvalue weighted by atomic mass is 9.68. The molecular formula is C36H42ClN5O5S. The Balaban J connectivity index is 1.29. The van der Waals surface area contributed by atoms with Crippen LogP contribution in [0.4, 0.5) is 5.69 Å². The second kappa shape index (κ2) is 13.3. The van der Waals surface area contributed by atoms with Crippen molar-refractivity contribution in [2.45, 2.75) is 56.5 Å². The molecule has 0 saturated heterocycles. The van der Waals surface area contributed by atoms with E-state index in [1.165, 1.54) is 28.2 Å². The van der Waals surface area contributed by atoms with Crippen LogP contribution in [0, 0.1) is 11.8 Å². The van der Waals surface area contributed by atoms with Gasteiger partial charge in [-0.1, -0.05) is 29.8 Å². The van der Waals surface area contributed by atoms with Crippen LogP contribution in [0.1, 0.15) is 70.4 Å². The zero-order valence-corrected chi connectivity index (χ0v) is 29.0. The van der Waals surface area contributed by atoms with Gasteiger partial charge in [0.25, 0.3) is 11.8 Å². The highest BCUT2D eigenvalue weighted by Crippen LogP contribution is 2.47. The molecule has 254 valence electrons. The molecule has 1 unspecified atom stereocenters. The summed E-state index contributed by atoms with van der Waals surface area (Å²) in [6.45, 7) is 2.01. The van der Waals surface area contributed by atoms with E-state index in [4.69, 9.17) is 21.1 Å². The molecule has 2 aliphatic carbocycles. The molecular weight excluding hydrogens is 650 g/mol. The first kappa shape index (κ1) is 32.9. The van der Waals surface area contributed by atoms with Gasteiger partial charge in [0.2, 0.25) is 0 Å². The topological polar surface area (TPSA) is 115 Å². The Kier molecular flexibility index (Phi) is 9.12. The van der Waals surface area contributed by atoms with E-state index in [2.05, 4.69) is 43.4 Å². The second-order valence-corrected chi connectivity index (χ2v) is 16.1. The van der Waals surface area contributed by atoms with Crippen molar-refractivity contribution in [1.82, 2.24) is 14.5 Å². The van der Waals surface area contributed by atoms with Gasteiger partial charge in [-0.15, -0.1) is 4.36 Å². The number of hydrogen-bond acceptors (Lipinski definition) is 7. The number of nitrogens with zero attached hydrogens (tertiary/aromatic N) is 4. The zero-order valence-electron chi connectivity index (χ0n) is 27.4. The van der Waals surface area contributed by atoms with Crippen LogP contribution in [0.15, 0.2) is 65.3 Å². The number of methoxy groups -OCH3 is 1. The van der Waals surface area contributed by atoms with Crippen molar-refractivity contribution in [3.8, 4) is 5.75 Å². The average molecular weight is 692 g/mol. The Hall–Kier alpha value is -3.67. The second-order valence-electron chi connectivity index (χ2n) is 13.6. The molecule has 1 spiro atoms. The van der Waals surface area contributed by atoms with Gasteiger partial charge in [0.1, 0.15) is 15.7 Å². The minimum atomic E-state index is -3.46. The molecule has 12 heteroatoms. The summed E-state index contributed by atoms with van der Waals surface area (Å²) in [6.07, 6.45) is 13.3. The first-order chi connectivity index (χ1) is 23.1. The first-order valence-electron chi connectivity index (χ1n) is 16.8. The van der Waals surface area contributed by atoms with Crippen molar-refractivity contribution in [2.24, 2.45) is 23.2 Å². The number of nitrogens with one attached hydrogen (secondary N) is 1. The Morgan fingerprint density at radius 3 is 2.83 bits per heavy atom. The average Bonchev–Trinajstić information content (AvgIpc) is 3.43. The van der Waals surface area contributed by atoms with Gasteiger partial charge in [0.15, 0.2) is 0 Å². The van der Waals surface area contributed by atoms with E-state index in [0.29, 0.717) is 42.6 Å². The summed E-state index contributed by atoms with van der Waals surface area (Å²) in [5, 5.41) is 4.78. The zero-order chi connectivity index (χ0) is 33.5. The van der Waals surface area contributed by atoms with Crippen LogP contribution in [-0.4, -0.2) is 64.5 Å². The monoisotopic (exact) mass is 691 g/mol. The summed E-state index contributed by atoms with van der Waals surface area (Å²) in [5.74, 6) is 0.234. The summed E-state index contributed by atoms with van der Waals surface area (Å²) in [7, 11) is -0.0130. The Bertz CT molecular complexity index is 1880. The number of halogens is 1. The third kappa shape index (κ3) is 6.52. The molecule has 1 saturated carbocycles. The molecule has 1 aromatic heterocycles. The number of carbonyl (C=O) groups excluding carboxylic acids is 2. The number of fused-ring (bicyclic) bond motifs is 4. The molecule has 3 aromatic rings. The Labute approximate surface area is 287 Å². The minimum absolute atomic E-state index is 0.0188. The number of anilines is 1. The molecule has 10 nitrogen and oxygen atoms in total. The number of hydrogen-bond donors (Lipinski definition) is 1. The molecule has 2 aliphatic heterocycles. The van der Waals surface area contributed by atoms with Gasteiger partial charge in [0, 0.05) is 49.4 Å². The Morgan fingerprint density at radius 1 is 1.19 bits per heavy atom. The van der Waals surface area contributed by atoms with Crippen LogP contribution >= 0.6 is 11.6 Å². The normalized spacial score (nSPS) is 29.4. The molecule has 3 heterocycles. The molecule has 2 amide bonds. The van der Waals surface area contributed by atoms with Gasteiger partial charge < -0.3 is 14.4 Å². The molecule has 7 rings (SSSR count). The van der Waals surface area contributed by atoms with Crippen LogP contribution in [0.25, 0.3) is 0 Å². The molecule has 48 heavy (non-hydrogen) atoms. The standard InChI is InChI=1S/C36H42ClN5O5S/c1-41-20-27(19-38-41)35(44)40-48(45)16-5-3-4-8-32(46-2)29-12-9-26(29)21-42-22-36(15-6-7-24-17-28(37)11-13-30(24)36)23-47-33-14-10-25(18-31(33)42)34(43)39-48/h4,8,10-11,13-14,17-20,26,29,32H,3,5-7,9,12,15-16,21-23H2,1-2H3,(H,39,40,43,44,45)/b8-4-/t26-,29+,32-,36-,48?/m0/s1. The fourth-order valence-corrected chi connectivity index (χ4v) is 9.63. The van der Waals surface area contributed by atoms with Crippen molar-refractivity contribution >= 4 is 39.0 Å². The number of amides is 2. The lowest BCUT2D eigenvalue weighted by Gasteiger charge is -2.46. The molecule has 4 aliphatic rings. The highest BCUT2D eigenvalue weighted by molar-refractivity contribution is 7.92. The number of allylic oxidation sites excluding steroid dienone is 1. The van der Waals surface area contributed by atoms with E-state index in [1.54, 1.807) is 20.2 Å². The highest BCUT2D eigenvalue weighted by atomic mass is 35.5. The quantitative estimate of drug-likeness (QED) is 0.341. The van der Waals surface area contributed by atoms with E-state index < -0.39 is 21.7 Å². The maximum absolute atomic E-state index is 14.2. The summed E-state index contributed by atoms with van der Waals surface area (Å²) < 4.78 is 35.1. The maximum atomic E-state index is 14.2. The molecule has 2 aromatic carbocycles. The lowest BCUT2D eigenvalue weighted by molar-refractivity contribution is 0.0132. The largest absolute Gasteiger partial charge is 0.490 e. The number of benzene rings is 2. The molecule has 5 atom stereocenters. The van der Waals surface area contributed by atoms with Crippen LogP contribution in [0.3, 0.4) is 0 Å². The van der Waals surface area contributed by atoms with Crippen molar-refractivity contribution in [3.63, 3.8) is 0 Å². The SMILES string of the molecule is CO[C@H]1/C=C\CCCS(=O)(NC(=O)c2cnn(C)c2)=NC(=O)c2ccc3c(c2)N(C[C@@H]2CC[C@H]21)C[C@@]1(CCCc2cc(Cl)ccc21)CO3. The fraction of sp³-hybridized carbons (Fsp3) is 0.472. The smallest absolute Gasteiger partial charge is 0.286 e. The lowest BCUT2D eigenvalue weighted by Crippen LogP contribution is -2.49. The summed E-state index contributed by atoms with van der Waals surface area (Å²) in [6, 6.07) is 11.5. The van der Waals surface area contributed by atoms with Crippen LogP contribution in [-0.2, 0) is 33.5 Å². The number of aryl methyl sites for hydroxylation is 2. The number of aromatic nitrogens is 2.